The Morgan fingerprint density at radius 2 is 2.00 bits per heavy atom. The highest BCUT2D eigenvalue weighted by Crippen LogP contribution is 2.26. The van der Waals surface area contributed by atoms with Crippen LogP contribution >= 0.6 is 0 Å². The van der Waals surface area contributed by atoms with Crippen molar-refractivity contribution in [3.63, 3.8) is 0 Å². The predicted molar refractivity (Wildman–Crippen MR) is 70.6 cm³/mol. The van der Waals surface area contributed by atoms with E-state index in [4.69, 9.17) is 4.74 Å². The molecular weight excluding hydrogens is 290 g/mol. The molecule has 0 aliphatic heterocycles. The van der Waals surface area contributed by atoms with Crippen molar-refractivity contribution < 1.29 is 27.0 Å². The van der Waals surface area contributed by atoms with E-state index < -0.39 is 25.4 Å². The Morgan fingerprint density at radius 3 is 2.62 bits per heavy atom. The summed E-state index contributed by atoms with van der Waals surface area (Å²) in [6.45, 7) is 2.65. The Kier molecular flexibility index (Phi) is 6.91. The Morgan fingerprint density at radius 1 is 1.29 bits per heavy atom. The van der Waals surface area contributed by atoms with E-state index >= 15 is 0 Å². The highest BCUT2D eigenvalue weighted by molar-refractivity contribution is 5.36. The van der Waals surface area contributed by atoms with Crippen molar-refractivity contribution >= 4 is 0 Å². The largest absolute Gasteiger partial charge is 0.467 e. The molecule has 0 radical (unpaired) electrons. The molecule has 0 aromatic heterocycles. The molecule has 1 unspecified atom stereocenters. The van der Waals surface area contributed by atoms with Gasteiger partial charge in [-0.1, -0.05) is 13.0 Å². The lowest BCUT2D eigenvalue weighted by Gasteiger charge is -2.18. The van der Waals surface area contributed by atoms with Crippen LogP contribution in [-0.2, 0) is 4.74 Å². The lowest BCUT2D eigenvalue weighted by atomic mass is 10.1. The Labute approximate surface area is 121 Å². The van der Waals surface area contributed by atoms with Gasteiger partial charge in [0.15, 0.2) is 6.79 Å². The summed E-state index contributed by atoms with van der Waals surface area (Å²) in [6.07, 6.45) is -3.49. The maximum atomic E-state index is 13.2. The van der Waals surface area contributed by atoms with E-state index in [0.29, 0.717) is 5.56 Å². The first kappa shape index (κ1) is 17.7. The highest BCUT2D eigenvalue weighted by Gasteiger charge is 2.27. The van der Waals surface area contributed by atoms with Gasteiger partial charge in [-0.25, -0.2) is 4.39 Å². The molecule has 0 bridgehead atoms. The molecule has 0 aliphatic carbocycles. The van der Waals surface area contributed by atoms with Crippen LogP contribution in [0.1, 0.15) is 31.9 Å². The van der Waals surface area contributed by atoms with Gasteiger partial charge in [0.1, 0.15) is 18.2 Å². The molecule has 120 valence electrons. The third kappa shape index (κ3) is 6.77. The Bertz CT molecular complexity index is 437. The van der Waals surface area contributed by atoms with Gasteiger partial charge in [0.2, 0.25) is 0 Å². The van der Waals surface area contributed by atoms with E-state index in [0.717, 1.165) is 19.0 Å². The quantitative estimate of drug-likeness (QED) is 0.450. The van der Waals surface area contributed by atoms with Crippen LogP contribution in [0.3, 0.4) is 0 Å². The number of ether oxygens (including phenoxy) is 2. The van der Waals surface area contributed by atoms with Crippen molar-refractivity contribution in [1.82, 2.24) is 5.32 Å². The van der Waals surface area contributed by atoms with Gasteiger partial charge in [0.25, 0.3) is 0 Å². The molecule has 0 saturated heterocycles. The molecule has 1 atom stereocenters. The first-order valence-electron chi connectivity index (χ1n) is 6.63. The minimum atomic E-state index is -4.41. The van der Waals surface area contributed by atoms with Crippen molar-refractivity contribution in [1.29, 1.82) is 0 Å². The molecule has 1 aromatic rings. The predicted octanol–water partition coefficient (Wildman–Crippen LogP) is 3.80. The molecular formula is C14H19F4NO2. The van der Waals surface area contributed by atoms with Gasteiger partial charge in [0, 0.05) is 17.7 Å². The SMILES string of the molecule is CCCNC(C)c1ccc(F)cc1OCOCC(F)(F)F. The van der Waals surface area contributed by atoms with Crippen molar-refractivity contribution in [2.45, 2.75) is 32.5 Å². The minimum Gasteiger partial charge on any atom is -0.467 e. The third-order valence-electron chi connectivity index (χ3n) is 2.71. The van der Waals surface area contributed by atoms with Crippen LogP contribution in [0.4, 0.5) is 17.6 Å². The molecule has 7 heteroatoms. The normalized spacial score (nSPS) is 13.2. The van der Waals surface area contributed by atoms with E-state index in [9.17, 15) is 17.6 Å². The third-order valence-corrected chi connectivity index (χ3v) is 2.71. The molecule has 1 aromatic carbocycles. The monoisotopic (exact) mass is 309 g/mol. The van der Waals surface area contributed by atoms with E-state index in [1.165, 1.54) is 6.07 Å². The maximum Gasteiger partial charge on any atom is 0.411 e. The first-order valence-corrected chi connectivity index (χ1v) is 6.63. The summed E-state index contributed by atoms with van der Waals surface area (Å²) < 4.78 is 58.5. The summed E-state index contributed by atoms with van der Waals surface area (Å²) in [5, 5.41) is 3.20. The number of rotatable bonds is 8. The second kappa shape index (κ2) is 8.19. The van der Waals surface area contributed by atoms with Crippen molar-refractivity contribution in [3.8, 4) is 5.75 Å². The lowest BCUT2D eigenvalue weighted by Crippen LogP contribution is -2.21. The molecule has 1 rings (SSSR count). The van der Waals surface area contributed by atoms with Crippen LogP contribution in [0.25, 0.3) is 0 Å². The van der Waals surface area contributed by atoms with Crippen LogP contribution in [0.5, 0.6) is 5.75 Å². The second-order valence-corrected chi connectivity index (χ2v) is 4.58. The van der Waals surface area contributed by atoms with E-state index in [-0.39, 0.29) is 11.8 Å². The number of nitrogens with one attached hydrogen (secondary N) is 1. The van der Waals surface area contributed by atoms with Crippen LogP contribution < -0.4 is 10.1 Å². The second-order valence-electron chi connectivity index (χ2n) is 4.58. The van der Waals surface area contributed by atoms with Gasteiger partial charge >= 0.3 is 6.18 Å². The fourth-order valence-electron chi connectivity index (χ4n) is 1.72. The van der Waals surface area contributed by atoms with Crippen molar-refractivity contribution in [3.05, 3.63) is 29.6 Å². The minimum absolute atomic E-state index is 0.108. The highest BCUT2D eigenvalue weighted by atomic mass is 19.4. The summed E-state index contributed by atoms with van der Waals surface area (Å²) >= 11 is 0. The molecule has 3 nitrogen and oxygen atoms in total. The molecule has 0 fully saturated rings. The van der Waals surface area contributed by atoms with Crippen LogP contribution in [0.2, 0.25) is 0 Å². The van der Waals surface area contributed by atoms with Gasteiger partial charge in [-0.15, -0.1) is 0 Å². The summed E-state index contributed by atoms with van der Waals surface area (Å²) in [5.74, 6) is -0.347. The number of benzene rings is 1. The smallest absolute Gasteiger partial charge is 0.411 e. The number of alkyl halides is 3. The Balaban J connectivity index is 2.64. The van der Waals surface area contributed by atoms with Gasteiger partial charge in [-0.2, -0.15) is 13.2 Å². The van der Waals surface area contributed by atoms with Crippen LogP contribution in [0.15, 0.2) is 18.2 Å². The zero-order valence-corrected chi connectivity index (χ0v) is 12.0. The van der Waals surface area contributed by atoms with Crippen molar-refractivity contribution in [2.24, 2.45) is 0 Å². The number of halogens is 4. The first-order chi connectivity index (χ1) is 9.83. The summed E-state index contributed by atoms with van der Waals surface area (Å²) in [7, 11) is 0. The maximum absolute atomic E-state index is 13.2. The van der Waals surface area contributed by atoms with E-state index in [1.54, 1.807) is 6.07 Å². The van der Waals surface area contributed by atoms with Gasteiger partial charge in [-0.3, -0.25) is 0 Å². The van der Waals surface area contributed by atoms with Gasteiger partial charge in [-0.05, 0) is 26.0 Å². The number of hydrogen-bond donors (Lipinski definition) is 1. The molecule has 1 N–H and O–H groups in total. The average Bonchev–Trinajstić information content (AvgIpc) is 2.40. The van der Waals surface area contributed by atoms with E-state index in [1.807, 2.05) is 13.8 Å². The fourth-order valence-corrected chi connectivity index (χ4v) is 1.72. The summed E-state index contributed by atoms with van der Waals surface area (Å²) in [6, 6.07) is 3.85. The van der Waals surface area contributed by atoms with E-state index in [2.05, 4.69) is 10.1 Å². The zero-order valence-electron chi connectivity index (χ0n) is 12.0. The van der Waals surface area contributed by atoms with Crippen LogP contribution in [0, 0.1) is 5.82 Å². The van der Waals surface area contributed by atoms with Gasteiger partial charge < -0.3 is 14.8 Å². The molecule has 0 aliphatic rings. The average molecular weight is 309 g/mol. The Hall–Kier alpha value is -1.34. The van der Waals surface area contributed by atoms with Gasteiger partial charge in [0.05, 0.1) is 0 Å². The molecule has 21 heavy (non-hydrogen) atoms. The molecule has 0 amide bonds. The zero-order chi connectivity index (χ0) is 15.9. The number of hydrogen-bond acceptors (Lipinski definition) is 3. The topological polar surface area (TPSA) is 30.5 Å². The lowest BCUT2D eigenvalue weighted by molar-refractivity contribution is -0.186. The standard InChI is InChI=1S/C14H19F4NO2/c1-3-6-19-10(2)12-5-4-11(15)7-13(12)21-9-20-8-14(16,17)18/h4-5,7,10,19H,3,6,8-9H2,1-2H3. The summed E-state index contributed by atoms with van der Waals surface area (Å²) in [4.78, 5) is 0. The molecule has 0 spiro atoms. The molecule has 0 heterocycles. The summed E-state index contributed by atoms with van der Waals surface area (Å²) in [5.41, 5.74) is 0.667. The van der Waals surface area contributed by atoms with Crippen molar-refractivity contribution in [2.75, 3.05) is 19.9 Å². The molecule has 0 saturated carbocycles. The van der Waals surface area contributed by atoms with Crippen LogP contribution in [-0.4, -0.2) is 26.1 Å². The fraction of sp³-hybridized carbons (Fsp3) is 0.571.